The predicted molar refractivity (Wildman–Crippen MR) is 74.4 cm³/mol. The van der Waals surface area contributed by atoms with Gasteiger partial charge in [-0.1, -0.05) is 0 Å². The van der Waals surface area contributed by atoms with Gasteiger partial charge in [0.1, 0.15) is 23.8 Å². The molecule has 19 heavy (non-hydrogen) atoms. The monoisotopic (exact) mass is 352 g/mol. The van der Waals surface area contributed by atoms with Crippen LogP contribution in [0.25, 0.3) is 0 Å². The third-order valence-corrected chi connectivity index (χ3v) is 4.03. The summed E-state index contributed by atoms with van der Waals surface area (Å²) in [7, 11) is 1.61. The van der Waals surface area contributed by atoms with Gasteiger partial charge in [-0.05, 0) is 28.1 Å². The number of alkyl halides is 1. The van der Waals surface area contributed by atoms with Crippen molar-refractivity contribution in [1.29, 1.82) is 0 Å². The van der Waals surface area contributed by atoms with E-state index in [2.05, 4.69) is 15.9 Å². The van der Waals surface area contributed by atoms with Gasteiger partial charge >= 0.3 is 0 Å². The lowest BCUT2D eigenvalue weighted by molar-refractivity contribution is -0.0899. The van der Waals surface area contributed by atoms with E-state index >= 15 is 0 Å². The molecule has 1 saturated carbocycles. The topological polar surface area (TPSA) is 27.7 Å². The van der Waals surface area contributed by atoms with Gasteiger partial charge in [0.2, 0.25) is 0 Å². The van der Waals surface area contributed by atoms with Crippen LogP contribution in [0.15, 0.2) is 22.7 Å². The van der Waals surface area contributed by atoms with Gasteiger partial charge in [0.05, 0.1) is 23.1 Å². The van der Waals surface area contributed by atoms with Crippen molar-refractivity contribution >= 4 is 27.5 Å². The molecule has 1 aliphatic rings. The minimum Gasteiger partial charge on any atom is -0.487 e. The van der Waals surface area contributed by atoms with Gasteiger partial charge in [-0.2, -0.15) is 0 Å². The van der Waals surface area contributed by atoms with E-state index in [9.17, 15) is 4.39 Å². The van der Waals surface area contributed by atoms with Crippen molar-refractivity contribution in [3.05, 3.63) is 28.5 Å². The Morgan fingerprint density at radius 2 is 2.21 bits per heavy atom. The normalized spacial score (nSPS) is 26.0. The highest BCUT2D eigenvalue weighted by molar-refractivity contribution is 9.10. The summed E-state index contributed by atoms with van der Waals surface area (Å²) in [6, 6.07) is 4.67. The minimum absolute atomic E-state index is 0.0675. The molecule has 0 N–H and O–H groups in total. The maximum atomic E-state index is 13.4. The standard InChI is InChI=1S/C13H15BrClFO3/c1-17-4-5-18-13-10(15)7-12(13)19-8-2-3-9(14)11(16)6-8/h2-3,6,10,12-13H,4-5,7H2,1H3. The Labute approximate surface area is 125 Å². The molecule has 2 rings (SSSR count). The van der Waals surface area contributed by atoms with E-state index in [1.54, 1.807) is 19.2 Å². The summed E-state index contributed by atoms with van der Waals surface area (Å²) in [6.45, 7) is 0.985. The summed E-state index contributed by atoms with van der Waals surface area (Å²) in [6.07, 6.45) is 0.375. The molecule has 0 bridgehead atoms. The first-order chi connectivity index (χ1) is 9.11. The molecule has 0 saturated heterocycles. The molecule has 0 radical (unpaired) electrons. The summed E-state index contributed by atoms with van der Waals surface area (Å²) < 4.78 is 30.0. The molecule has 6 heteroatoms. The van der Waals surface area contributed by atoms with E-state index in [1.807, 2.05) is 0 Å². The highest BCUT2D eigenvalue weighted by Gasteiger charge is 2.42. The first-order valence-corrected chi connectivity index (χ1v) is 7.21. The van der Waals surface area contributed by atoms with Crippen molar-refractivity contribution in [2.24, 2.45) is 0 Å². The molecule has 3 atom stereocenters. The van der Waals surface area contributed by atoms with Gasteiger partial charge in [-0.25, -0.2) is 4.39 Å². The second-order valence-electron chi connectivity index (χ2n) is 4.31. The highest BCUT2D eigenvalue weighted by Crippen LogP contribution is 2.33. The van der Waals surface area contributed by atoms with Crippen molar-refractivity contribution < 1.29 is 18.6 Å². The van der Waals surface area contributed by atoms with Crippen LogP contribution < -0.4 is 4.74 Å². The van der Waals surface area contributed by atoms with Gasteiger partial charge < -0.3 is 14.2 Å². The average Bonchev–Trinajstić information content (AvgIpc) is 2.38. The Morgan fingerprint density at radius 3 is 2.84 bits per heavy atom. The maximum absolute atomic E-state index is 13.4. The quantitative estimate of drug-likeness (QED) is 0.580. The zero-order valence-electron chi connectivity index (χ0n) is 10.4. The molecule has 0 amide bonds. The molecule has 106 valence electrons. The van der Waals surface area contributed by atoms with Gasteiger partial charge in [0, 0.05) is 19.6 Å². The molecule has 1 fully saturated rings. The summed E-state index contributed by atoms with van der Waals surface area (Å²) in [5.74, 6) is 0.130. The summed E-state index contributed by atoms with van der Waals surface area (Å²) in [4.78, 5) is 0. The van der Waals surface area contributed by atoms with Gasteiger partial charge in [-0.3, -0.25) is 0 Å². The van der Waals surface area contributed by atoms with Crippen LogP contribution in [0.4, 0.5) is 4.39 Å². The van der Waals surface area contributed by atoms with Crippen LogP contribution in [0, 0.1) is 5.82 Å². The maximum Gasteiger partial charge on any atom is 0.141 e. The SMILES string of the molecule is COCCOC1C(Cl)CC1Oc1ccc(Br)c(F)c1. The van der Waals surface area contributed by atoms with Crippen molar-refractivity contribution in [2.75, 3.05) is 20.3 Å². The van der Waals surface area contributed by atoms with Crippen molar-refractivity contribution in [1.82, 2.24) is 0 Å². The Balaban J connectivity index is 1.89. The fourth-order valence-corrected chi connectivity index (χ4v) is 2.50. The van der Waals surface area contributed by atoms with Crippen LogP contribution in [0.5, 0.6) is 5.75 Å². The zero-order valence-corrected chi connectivity index (χ0v) is 12.8. The Morgan fingerprint density at radius 1 is 1.42 bits per heavy atom. The lowest BCUT2D eigenvalue weighted by atomic mass is 9.91. The van der Waals surface area contributed by atoms with E-state index in [-0.39, 0.29) is 23.4 Å². The number of halogens is 3. The molecule has 3 nitrogen and oxygen atoms in total. The zero-order chi connectivity index (χ0) is 13.8. The molecule has 1 aromatic carbocycles. The predicted octanol–water partition coefficient (Wildman–Crippen LogP) is 3.38. The molecular formula is C13H15BrClFO3. The Bertz CT molecular complexity index is 432. The van der Waals surface area contributed by atoms with Crippen molar-refractivity contribution in [2.45, 2.75) is 24.0 Å². The summed E-state index contributed by atoms with van der Waals surface area (Å²) in [5, 5.41) is -0.0675. The van der Waals surface area contributed by atoms with E-state index in [0.717, 1.165) is 0 Å². The molecule has 0 aromatic heterocycles. The highest BCUT2D eigenvalue weighted by atomic mass is 79.9. The molecule has 3 unspecified atom stereocenters. The third kappa shape index (κ3) is 3.81. The number of benzene rings is 1. The fourth-order valence-electron chi connectivity index (χ4n) is 1.85. The minimum atomic E-state index is -0.351. The number of hydrogen-bond donors (Lipinski definition) is 0. The van der Waals surface area contributed by atoms with Crippen LogP contribution in [0.2, 0.25) is 0 Å². The number of methoxy groups -OCH3 is 1. The van der Waals surface area contributed by atoms with Crippen LogP contribution >= 0.6 is 27.5 Å². The van der Waals surface area contributed by atoms with Crippen molar-refractivity contribution in [3.8, 4) is 5.75 Å². The van der Waals surface area contributed by atoms with Crippen LogP contribution in [-0.2, 0) is 9.47 Å². The fraction of sp³-hybridized carbons (Fsp3) is 0.538. The van der Waals surface area contributed by atoms with Gasteiger partial charge in [0.25, 0.3) is 0 Å². The molecule has 1 aromatic rings. The van der Waals surface area contributed by atoms with Crippen LogP contribution in [0.1, 0.15) is 6.42 Å². The smallest absolute Gasteiger partial charge is 0.141 e. The molecule has 0 heterocycles. The largest absolute Gasteiger partial charge is 0.487 e. The Kier molecular flexibility index (Phi) is 5.45. The first kappa shape index (κ1) is 15.0. The number of hydrogen-bond acceptors (Lipinski definition) is 3. The van der Waals surface area contributed by atoms with Crippen LogP contribution in [0.3, 0.4) is 0 Å². The average molecular weight is 354 g/mol. The second kappa shape index (κ2) is 6.88. The van der Waals surface area contributed by atoms with E-state index < -0.39 is 0 Å². The molecule has 0 aliphatic heterocycles. The van der Waals surface area contributed by atoms with E-state index in [0.29, 0.717) is 29.9 Å². The third-order valence-electron chi connectivity index (χ3n) is 2.96. The number of ether oxygens (including phenoxy) is 3. The molecule has 0 spiro atoms. The molecular weight excluding hydrogens is 338 g/mol. The summed E-state index contributed by atoms with van der Waals surface area (Å²) >= 11 is 9.18. The lowest BCUT2D eigenvalue weighted by Crippen LogP contribution is -2.53. The van der Waals surface area contributed by atoms with E-state index in [1.165, 1.54) is 6.07 Å². The summed E-state index contributed by atoms with van der Waals surface area (Å²) in [5.41, 5.74) is 0. The molecule has 1 aliphatic carbocycles. The number of rotatable bonds is 6. The van der Waals surface area contributed by atoms with E-state index in [4.69, 9.17) is 25.8 Å². The second-order valence-corrected chi connectivity index (χ2v) is 5.73. The van der Waals surface area contributed by atoms with Gasteiger partial charge in [-0.15, -0.1) is 11.6 Å². The van der Waals surface area contributed by atoms with Crippen molar-refractivity contribution in [3.63, 3.8) is 0 Å². The Hall–Kier alpha value is -0.360. The lowest BCUT2D eigenvalue weighted by Gasteiger charge is -2.40. The van der Waals surface area contributed by atoms with Crippen LogP contribution in [-0.4, -0.2) is 37.9 Å². The first-order valence-electron chi connectivity index (χ1n) is 5.98. The van der Waals surface area contributed by atoms with Gasteiger partial charge in [0.15, 0.2) is 0 Å².